The van der Waals surface area contributed by atoms with Gasteiger partial charge in [0.25, 0.3) is 0 Å². The second kappa shape index (κ2) is 65.5. The molecule has 0 aromatic heterocycles. The molecule has 0 saturated carbocycles. The minimum absolute atomic E-state index is 0. The van der Waals surface area contributed by atoms with E-state index in [1.165, 1.54) is 0 Å². The van der Waals surface area contributed by atoms with Crippen LogP contribution in [0.2, 0.25) is 0 Å². The molecule has 0 fully saturated rings. The van der Waals surface area contributed by atoms with Crippen LogP contribution in [-0.2, 0) is 0 Å². The summed E-state index contributed by atoms with van der Waals surface area (Å²) in [6.07, 6.45) is 0. The summed E-state index contributed by atoms with van der Waals surface area (Å²) in [5.74, 6) is 0. The van der Waals surface area contributed by atoms with Gasteiger partial charge in [-0.15, -0.1) is 0 Å². The predicted octanol–water partition coefficient (Wildman–Crippen LogP) is -11.8. The van der Waals surface area contributed by atoms with Gasteiger partial charge in [-0.3, -0.25) is 0 Å². The van der Waals surface area contributed by atoms with Crippen LogP contribution < -0.4 is 42.0 Å². The number of halogens is 1. The summed E-state index contributed by atoms with van der Waals surface area (Å²) >= 11 is 0. The summed E-state index contributed by atoms with van der Waals surface area (Å²) in [6, 6.07) is 0. The largest absolute Gasteiger partial charge is 4.00 e. The average molecular weight is 258 g/mol. The Morgan fingerprint density at radius 3 is 0.571 bits per heavy atom. The molecular formula is H16B4CeClNa. The van der Waals surface area contributed by atoms with Crippen LogP contribution in [0.3, 0.4) is 0 Å². The molecule has 0 radical (unpaired) electrons. The molecule has 0 atom stereocenters. The van der Waals surface area contributed by atoms with E-state index >= 15 is 0 Å². The Morgan fingerprint density at radius 1 is 0.571 bits per heavy atom. The molecule has 7 heteroatoms. The van der Waals surface area contributed by atoms with Crippen molar-refractivity contribution in [1.29, 1.82) is 0 Å². The molecule has 0 unspecified atom stereocenters. The Labute approximate surface area is 115 Å². The summed E-state index contributed by atoms with van der Waals surface area (Å²) in [5, 5.41) is 0. The van der Waals surface area contributed by atoms with Crippen molar-refractivity contribution in [3.8, 4) is 0 Å². The van der Waals surface area contributed by atoms with Crippen molar-refractivity contribution in [2.45, 2.75) is 0 Å². The molecule has 0 N–H and O–H groups in total. The predicted molar refractivity (Wildman–Crippen MR) is 45.3 cm³/mol. The Kier molecular flexibility index (Phi) is 864. The molecule has 0 aliphatic rings. The fourth-order valence-corrected chi connectivity index (χ4v) is 0. The maximum atomic E-state index is 0. The number of rotatable bonds is 0. The first kappa shape index (κ1) is 92.4. The zero-order chi connectivity index (χ0) is 0. The number of hydrogen-bond acceptors (Lipinski definition) is 0. The van der Waals surface area contributed by atoms with Crippen LogP contribution in [0.15, 0.2) is 0 Å². The molecule has 0 nitrogen and oxygen atoms in total. The zero-order valence-electron chi connectivity index (χ0n) is 1.88. The van der Waals surface area contributed by atoms with E-state index in [0.29, 0.717) is 0 Å². The van der Waals surface area contributed by atoms with Gasteiger partial charge in [0.1, 0.15) is 0 Å². The third kappa shape index (κ3) is 50.0. The van der Waals surface area contributed by atoms with Gasteiger partial charge in [0.15, 0.2) is 0 Å². The van der Waals surface area contributed by atoms with Gasteiger partial charge in [-0.1, -0.05) is 33.7 Å². The maximum absolute atomic E-state index is 0. The van der Waals surface area contributed by atoms with Crippen molar-refractivity contribution in [3.05, 3.63) is 0 Å². The molecule has 0 amide bonds. The van der Waals surface area contributed by atoms with Crippen LogP contribution in [-0.4, -0.2) is 33.7 Å². The van der Waals surface area contributed by atoms with Gasteiger partial charge in [-0.05, 0) is 0 Å². The van der Waals surface area contributed by atoms with Crippen molar-refractivity contribution < 1.29 is 83.7 Å². The molecule has 40 valence electrons. The van der Waals surface area contributed by atoms with E-state index < -0.39 is 0 Å². The molecular weight excluding hydrogens is 242 g/mol. The Hall–Kier alpha value is 2.93. The fourth-order valence-electron chi connectivity index (χ4n) is 0. The zero-order valence-corrected chi connectivity index (χ0v) is 7.77. The minimum atomic E-state index is 0. The van der Waals surface area contributed by atoms with Gasteiger partial charge < -0.3 is 12.4 Å². The molecule has 0 heterocycles. The summed E-state index contributed by atoms with van der Waals surface area (Å²) in [5.41, 5.74) is 0. The summed E-state index contributed by atoms with van der Waals surface area (Å²) < 4.78 is 0. The number of hydrogen-bond donors (Lipinski definition) is 0. The maximum Gasteiger partial charge on any atom is 4.00 e. The van der Waals surface area contributed by atoms with Crippen molar-refractivity contribution in [1.82, 2.24) is 0 Å². The topological polar surface area (TPSA) is 0 Å². The molecule has 0 rings (SSSR count). The van der Waals surface area contributed by atoms with Gasteiger partial charge in [0.2, 0.25) is 0 Å². The fraction of sp³-hybridized carbons (Fsp3) is 0. The van der Waals surface area contributed by atoms with Gasteiger partial charge in [-0.25, -0.2) is 0 Å². The van der Waals surface area contributed by atoms with Gasteiger partial charge in [-0.2, -0.15) is 0 Å². The molecule has 0 aliphatic carbocycles. The van der Waals surface area contributed by atoms with Crippen LogP contribution in [0.5, 0.6) is 0 Å². The van der Waals surface area contributed by atoms with Gasteiger partial charge in [0, 0.05) is 0 Å². The molecule has 0 aliphatic heterocycles. The molecule has 0 aromatic carbocycles. The monoisotopic (exact) mass is 258 g/mol. The summed E-state index contributed by atoms with van der Waals surface area (Å²) in [4.78, 5) is 0. The van der Waals surface area contributed by atoms with E-state index in [9.17, 15) is 0 Å². The Morgan fingerprint density at radius 2 is 0.571 bits per heavy atom. The summed E-state index contributed by atoms with van der Waals surface area (Å²) in [7, 11) is 0. The quantitative estimate of drug-likeness (QED) is 0.378. The van der Waals surface area contributed by atoms with Crippen LogP contribution in [0.25, 0.3) is 0 Å². The minimum Gasteiger partial charge on any atom is -1.00 e. The van der Waals surface area contributed by atoms with Crippen molar-refractivity contribution >= 4 is 33.7 Å². The molecule has 0 bridgehead atoms. The van der Waals surface area contributed by atoms with Crippen molar-refractivity contribution in [3.63, 3.8) is 0 Å². The molecule has 0 spiro atoms. The van der Waals surface area contributed by atoms with Crippen molar-refractivity contribution in [2.24, 2.45) is 0 Å². The molecule has 7 heavy (non-hydrogen) atoms. The first-order valence-electron chi connectivity index (χ1n) is 0. The van der Waals surface area contributed by atoms with Crippen LogP contribution in [0, 0.1) is 41.7 Å². The molecule has 0 saturated heterocycles. The molecule has 0 aromatic rings. The third-order valence-corrected chi connectivity index (χ3v) is 0. The van der Waals surface area contributed by atoms with E-state index in [1.54, 1.807) is 0 Å². The van der Waals surface area contributed by atoms with Crippen molar-refractivity contribution in [2.75, 3.05) is 0 Å². The van der Waals surface area contributed by atoms with Gasteiger partial charge >= 0.3 is 71.3 Å². The first-order chi connectivity index (χ1) is 0. The van der Waals surface area contributed by atoms with E-state index in [2.05, 4.69) is 0 Å². The van der Waals surface area contributed by atoms with Gasteiger partial charge in [0.05, 0.1) is 0 Å². The Bertz CT molecular complexity index is 11.7. The van der Waals surface area contributed by atoms with E-state index in [-0.39, 0.29) is 117 Å². The van der Waals surface area contributed by atoms with Crippen LogP contribution in [0.1, 0.15) is 0 Å². The third-order valence-electron chi connectivity index (χ3n) is 0. The second-order valence-electron chi connectivity index (χ2n) is 0. The van der Waals surface area contributed by atoms with E-state index in [0.717, 1.165) is 0 Å². The second-order valence-corrected chi connectivity index (χ2v) is 0. The first-order valence-corrected chi connectivity index (χ1v) is 0. The van der Waals surface area contributed by atoms with Crippen LogP contribution in [0.4, 0.5) is 0 Å². The van der Waals surface area contributed by atoms with Crippen LogP contribution >= 0.6 is 0 Å². The van der Waals surface area contributed by atoms with E-state index in [1.807, 2.05) is 0 Å². The average Bonchev–Trinajstić information content (AvgIpc) is 0. The van der Waals surface area contributed by atoms with E-state index in [4.69, 9.17) is 0 Å². The normalized spacial score (nSPS) is 0. The standard InChI is InChI=1S/4BH4.Ce.ClH.Na/h4*1H4;;1H;/q4*-1;+4;;+1/p-1. The smallest absolute Gasteiger partial charge is 1.00 e. The SMILES string of the molecule is [BH4-].[BH4-].[BH4-].[BH4-].[Ce+4].[Cl-].[Na+]. The Balaban J connectivity index is 0. The summed E-state index contributed by atoms with van der Waals surface area (Å²) in [6.45, 7) is 0.